The minimum atomic E-state index is -4.38. The summed E-state index contributed by atoms with van der Waals surface area (Å²) < 4.78 is 39.7. The molecule has 2 aromatic rings. The summed E-state index contributed by atoms with van der Waals surface area (Å²) >= 11 is 0. The Hall–Kier alpha value is -1.85. The fraction of sp³-hybridized carbons (Fsp3) is 0.538. The third-order valence-corrected chi connectivity index (χ3v) is 6.57. The Kier molecular flexibility index (Phi) is 11.7. The molecule has 0 aliphatic carbocycles. The maximum Gasteiger partial charge on any atom is 0.298 e. The molecule has 0 aromatic heterocycles. The van der Waals surface area contributed by atoms with Crippen LogP contribution in [0.2, 0.25) is 0 Å². The topological polar surface area (TPSA) is 63.6 Å². The third kappa shape index (κ3) is 9.88. The zero-order valence-corrected chi connectivity index (χ0v) is 19.7. The van der Waals surface area contributed by atoms with Crippen LogP contribution < -0.4 is 4.74 Å². The number of rotatable bonds is 16. The fourth-order valence-corrected chi connectivity index (χ4v) is 4.77. The van der Waals surface area contributed by atoms with Crippen molar-refractivity contribution in [3.63, 3.8) is 0 Å². The van der Waals surface area contributed by atoms with Crippen LogP contribution >= 0.6 is 0 Å². The molecular weight excluding hydrogens is 408 g/mol. The van der Waals surface area contributed by atoms with Crippen LogP contribution in [0.4, 0.5) is 0 Å². The van der Waals surface area contributed by atoms with Crippen molar-refractivity contribution < 1.29 is 17.7 Å². The highest BCUT2D eigenvalue weighted by Gasteiger charge is 2.21. The van der Waals surface area contributed by atoms with Gasteiger partial charge in [-0.1, -0.05) is 108 Å². The van der Waals surface area contributed by atoms with Gasteiger partial charge in [0.05, 0.1) is 0 Å². The average molecular weight is 447 g/mol. The SMILES string of the molecule is CCCCCCCCCCCCCCc1cccc(Oc2ccccc2)c1S(=O)(=O)O. The maximum absolute atomic E-state index is 12.1. The van der Waals surface area contributed by atoms with Gasteiger partial charge in [-0.15, -0.1) is 0 Å². The number of ether oxygens (including phenoxy) is 1. The van der Waals surface area contributed by atoms with Gasteiger partial charge in [-0.25, -0.2) is 0 Å². The second-order valence-electron chi connectivity index (χ2n) is 8.27. The Morgan fingerprint density at radius 1 is 0.710 bits per heavy atom. The van der Waals surface area contributed by atoms with Crippen LogP contribution in [-0.2, 0) is 16.5 Å². The number of hydrogen-bond acceptors (Lipinski definition) is 3. The zero-order valence-electron chi connectivity index (χ0n) is 18.9. The highest BCUT2D eigenvalue weighted by Crippen LogP contribution is 2.32. The monoisotopic (exact) mass is 446 g/mol. The van der Waals surface area contributed by atoms with Crippen molar-refractivity contribution in [3.8, 4) is 11.5 Å². The molecule has 172 valence electrons. The lowest BCUT2D eigenvalue weighted by Crippen LogP contribution is -2.06. The van der Waals surface area contributed by atoms with E-state index >= 15 is 0 Å². The van der Waals surface area contributed by atoms with Crippen molar-refractivity contribution in [1.29, 1.82) is 0 Å². The highest BCUT2D eigenvalue weighted by atomic mass is 32.2. The molecule has 4 nitrogen and oxygen atoms in total. The molecule has 0 aliphatic rings. The molecule has 0 fully saturated rings. The predicted octanol–water partition coefficient (Wildman–Crippen LogP) is 7.97. The smallest absolute Gasteiger partial charge is 0.298 e. The van der Waals surface area contributed by atoms with Crippen molar-refractivity contribution in [2.24, 2.45) is 0 Å². The summed E-state index contributed by atoms with van der Waals surface area (Å²) in [7, 11) is -4.38. The van der Waals surface area contributed by atoms with Gasteiger partial charge < -0.3 is 4.74 Å². The quantitative estimate of drug-likeness (QED) is 0.210. The first-order chi connectivity index (χ1) is 15.0. The molecule has 1 N–H and O–H groups in total. The molecule has 0 heterocycles. The lowest BCUT2D eigenvalue weighted by Gasteiger charge is -2.13. The van der Waals surface area contributed by atoms with Crippen LogP contribution in [0.1, 0.15) is 89.5 Å². The molecule has 0 saturated heterocycles. The zero-order chi connectivity index (χ0) is 22.4. The van der Waals surface area contributed by atoms with Gasteiger partial charge in [0.1, 0.15) is 16.4 Å². The maximum atomic E-state index is 12.1. The van der Waals surface area contributed by atoms with Crippen molar-refractivity contribution in [2.75, 3.05) is 0 Å². The van der Waals surface area contributed by atoms with E-state index in [2.05, 4.69) is 6.92 Å². The van der Waals surface area contributed by atoms with E-state index in [-0.39, 0.29) is 10.6 Å². The van der Waals surface area contributed by atoms with Crippen LogP contribution in [0.3, 0.4) is 0 Å². The molecule has 5 heteroatoms. The molecule has 0 radical (unpaired) electrons. The molecule has 0 aliphatic heterocycles. The summed E-state index contributed by atoms with van der Waals surface area (Å²) in [4.78, 5) is -0.109. The van der Waals surface area contributed by atoms with Crippen LogP contribution in [0.5, 0.6) is 11.5 Å². The molecule has 0 amide bonds. The van der Waals surface area contributed by atoms with Crippen molar-refractivity contribution in [2.45, 2.75) is 95.3 Å². The molecule has 0 atom stereocenters. The standard InChI is InChI=1S/C26H38O4S/c1-2-3-4-5-6-7-8-9-10-11-12-14-18-23-19-17-22-25(26(23)31(27,28)29)30-24-20-15-13-16-21-24/h13,15-17,19-22H,2-12,14,18H2,1H3,(H,27,28,29). The van der Waals surface area contributed by atoms with E-state index in [1.807, 2.05) is 18.2 Å². The Labute approximate surface area is 188 Å². The number of para-hydroxylation sites is 1. The Balaban J connectivity index is 1.77. The van der Waals surface area contributed by atoms with Crippen LogP contribution in [0.25, 0.3) is 0 Å². The van der Waals surface area contributed by atoms with E-state index in [9.17, 15) is 13.0 Å². The van der Waals surface area contributed by atoms with Gasteiger partial charge in [-0.2, -0.15) is 8.42 Å². The lowest BCUT2D eigenvalue weighted by molar-refractivity contribution is 0.447. The summed E-state index contributed by atoms with van der Waals surface area (Å²) in [5, 5.41) is 0. The molecule has 0 saturated carbocycles. The van der Waals surface area contributed by atoms with Crippen LogP contribution in [0, 0.1) is 0 Å². The summed E-state index contributed by atoms with van der Waals surface area (Å²) in [5.41, 5.74) is 0.614. The van der Waals surface area contributed by atoms with Gasteiger partial charge in [-0.05, 0) is 36.6 Å². The molecule has 31 heavy (non-hydrogen) atoms. The molecule has 2 rings (SSSR count). The first-order valence-electron chi connectivity index (χ1n) is 11.8. The molecule has 0 spiro atoms. The Bertz CT molecular complexity index is 847. The highest BCUT2D eigenvalue weighted by molar-refractivity contribution is 7.86. The van der Waals surface area contributed by atoms with Gasteiger partial charge >= 0.3 is 0 Å². The van der Waals surface area contributed by atoms with Gasteiger partial charge in [0.15, 0.2) is 0 Å². The van der Waals surface area contributed by atoms with Crippen molar-refractivity contribution in [3.05, 3.63) is 54.1 Å². The summed E-state index contributed by atoms with van der Waals surface area (Å²) in [6.45, 7) is 2.25. The Morgan fingerprint density at radius 3 is 1.81 bits per heavy atom. The first kappa shape index (κ1) is 25.4. The summed E-state index contributed by atoms with van der Waals surface area (Å²) in [6.07, 6.45) is 15.7. The van der Waals surface area contributed by atoms with Gasteiger partial charge in [0.2, 0.25) is 0 Å². The van der Waals surface area contributed by atoms with E-state index in [0.29, 0.717) is 17.7 Å². The Morgan fingerprint density at radius 2 is 1.26 bits per heavy atom. The number of unbranched alkanes of at least 4 members (excludes halogenated alkanes) is 11. The van der Waals surface area contributed by atoms with E-state index in [1.165, 1.54) is 57.8 Å². The third-order valence-electron chi connectivity index (χ3n) is 5.59. The minimum Gasteiger partial charge on any atom is -0.456 e. The minimum absolute atomic E-state index is 0.109. The molecular formula is C26H38O4S. The molecule has 0 bridgehead atoms. The molecule has 0 unspecified atom stereocenters. The van der Waals surface area contributed by atoms with E-state index in [1.54, 1.807) is 30.3 Å². The van der Waals surface area contributed by atoms with Crippen molar-refractivity contribution >= 4 is 10.1 Å². The largest absolute Gasteiger partial charge is 0.456 e. The second-order valence-corrected chi connectivity index (χ2v) is 9.63. The van der Waals surface area contributed by atoms with Crippen LogP contribution in [0.15, 0.2) is 53.4 Å². The summed E-state index contributed by atoms with van der Waals surface area (Å²) in [6, 6.07) is 14.1. The van der Waals surface area contributed by atoms with Gasteiger partial charge in [-0.3, -0.25) is 4.55 Å². The lowest BCUT2D eigenvalue weighted by atomic mass is 10.0. The first-order valence-corrected chi connectivity index (χ1v) is 13.3. The average Bonchev–Trinajstić information content (AvgIpc) is 2.74. The normalized spacial score (nSPS) is 11.5. The van der Waals surface area contributed by atoms with E-state index < -0.39 is 10.1 Å². The van der Waals surface area contributed by atoms with Gasteiger partial charge in [0.25, 0.3) is 10.1 Å². The van der Waals surface area contributed by atoms with Crippen LogP contribution in [-0.4, -0.2) is 13.0 Å². The predicted molar refractivity (Wildman–Crippen MR) is 128 cm³/mol. The fourth-order valence-electron chi connectivity index (χ4n) is 3.90. The number of benzene rings is 2. The molecule has 2 aromatic carbocycles. The van der Waals surface area contributed by atoms with Crippen molar-refractivity contribution in [1.82, 2.24) is 0 Å². The number of hydrogen-bond donors (Lipinski definition) is 1. The number of aryl methyl sites for hydroxylation is 1. The summed E-state index contributed by atoms with van der Waals surface area (Å²) in [5.74, 6) is 0.708. The van der Waals surface area contributed by atoms with E-state index in [0.717, 1.165) is 19.3 Å². The van der Waals surface area contributed by atoms with Gasteiger partial charge in [0, 0.05) is 0 Å². The van der Waals surface area contributed by atoms with E-state index in [4.69, 9.17) is 4.74 Å². The second kappa shape index (κ2) is 14.3.